The second-order valence-corrected chi connectivity index (χ2v) is 4.58. The van der Waals surface area contributed by atoms with Crippen molar-refractivity contribution in [3.05, 3.63) is 68.7 Å². The summed E-state index contributed by atoms with van der Waals surface area (Å²) in [4.78, 5) is 21.8. The van der Waals surface area contributed by atoms with E-state index in [9.17, 15) is 20.0 Å². The molecule has 8 heteroatoms. The van der Waals surface area contributed by atoms with E-state index in [0.29, 0.717) is 0 Å². The third-order valence-electron chi connectivity index (χ3n) is 2.73. The zero-order valence-electron chi connectivity index (χ0n) is 11.1. The summed E-state index contributed by atoms with van der Waals surface area (Å²) in [6.07, 6.45) is 1.21. The number of hydrogen-bond acceptors (Lipinski definition) is 5. The van der Waals surface area contributed by atoms with Crippen LogP contribution in [0.3, 0.4) is 0 Å². The van der Waals surface area contributed by atoms with Gasteiger partial charge in [-0.2, -0.15) is 5.10 Å². The molecule has 0 radical (unpaired) electrons. The Morgan fingerprint density at radius 1 is 1.27 bits per heavy atom. The molecule has 2 aromatic carbocycles. The number of carbonyl (C=O) groups excluding carboxylic acids is 1. The summed E-state index contributed by atoms with van der Waals surface area (Å²) < 4.78 is 0. The zero-order chi connectivity index (χ0) is 16.1. The number of rotatable bonds is 4. The number of aromatic hydroxyl groups is 1. The van der Waals surface area contributed by atoms with Gasteiger partial charge in [0.2, 0.25) is 0 Å². The second kappa shape index (κ2) is 6.68. The van der Waals surface area contributed by atoms with Gasteiger partial charge in [0, 0.05) is 17.7 Å². The van der Waals surface area contributed by atoms with Gasteiger partial charge in [-0.05, 0) is 24.3 Å². The van der Waals surface area contributed by atoms with Crippen LogP contribution < -0.4 is 5.43 Å². The molecule has 0 unspecified atom stereocenters. The number of phenols is 1. The molecule has 0 fully saturated rings. The third kappa shape index (κ3) is 3.58. The highest BCUT2D eigenvalue weighted by atomic mass is 35.5. The average Bonchev–Trinajstić information content (AvgIpc) is 2.50. The lowest BCUT2D eigenvalue weighted by Crippen LogP contribution is -2.17. The molecule has 0 saturated carbocycles. The van der Waals surface area contributed by atoms with E-state index in [1.165, 1.54) is 36.5 Å². The van der Waals surface area contributed by atoms with Gasteiger partial charge in [0.05, 0.1) is 21.7 Å². The van der Waals surface area contributed by atoms with Crippen molar-refractivity contribution in [2.24, 2.45) is 5.10 Å². The molecule has 0 spiro atoms. The molecular formula is C14H10ClN3O4. The van der Waals surface area contributed by atoms with Crippen LogP contribution in [0.25, 0.3) is 0 Å². The van der Waals surface area contributed by atoms with E-state index in [1.807, 2.05) is 0 Å². The summed E-state index contributed by atoms with van der Waals surface area (Å²) in [5.74, 6) is -0.612. The van der Waals surface area contributed by atoms with Crippen LogP contribution in [0, 0.1) is 10.1 Å². The summed E-state index contributed by atoms with van der Waals surface area (Å²) in [7, 11) is 0. The molecule has 7 nitrogen and oxygen atoms in total. The number of benzene rings is 2. The number of hydrogen-bond donors (Lipinski definition) is 2. The van der Waals surface area contributed by atoms with Crippen molar-refractivity contribution in [3.8, 4) is 5.75 Å². The minimum Gasteiger partial charge on any atom is -0.507 e. The van der Waals surface area contributed by atoms with Crippen molar-refractivity contribution in [2.75, 3.05) is 0 Å². The highest BCUT2D eigenvalue weighted by Gasteiger charge is 2.09. The molecule has 0 atom stereocenters. The normalized spacial score (nSPS) is 10.6. The summed E-state index contributed by atoms with van der Waals surface area (Å²) >= 11 is 5.88. The summed E-state index contributed by atoms with van der Waals surface area (Å²) in [5, 5.41) is 24.1. The van der Waals surface area contributed by atoms with Crippen molar-refractivity contribution in [1.29, 1.82) is 0 Å². The molecule has 22 heavy (non-hydrogen) atoms. The molecule has 0 aliphatic carbocycles. The molecule has 0 aliphatic heterocycles. The second-order valence-electron chi connectivity index (χ2n) is 4.18. The Hall–Kier alpha value is -2.93. The first-order chi connectivity index (χ1) is 10.5. The van der Waals surface area contributed by atoms with Crippen LogP contribution in [-0.4, -0.2) is 22.2 Å². The van der Waals surface area contributed by atoms with Crippen LogP contribution in [-0.2, 0) is 0 Å². The minimum absolute atomic E-state index is 0.0687. The minimum atomic E-state index is -0.556. The lowest BCUT2D eigenvalue weighted by atomic mass is 10.2. The fourth-order valence-corrected chi connectivity index (χ4v) is 1.83. The lowest BCUT2D eigenvalue weighted by Gasteiger charge is -2.02. The first kappa shape index (κ1) is 15.5. The van der Waals surface area contributed by atoms with E-state index in [1.54, 1.807) is 12.1 Å². The Kier molecular flexibility index (Phi) is 4.70. The molecule has 112 valence electrons. The van der Waals surface area contributed by atoms with E-state index in [4.69, 9.17) is 11.6 Å². The molecule has 2 aromatic rings. The van der Waals surface area contributed by atoms with Crippen molar-refractivity contribution in [3.63, 3.8) is 0 Å². The first-order valence-electron chi connectivity index (χ1n) is 6.04. The predicted octanol–water partition coefficient (Wildman–Crippen LogP) is 2.72. The van der Waals surface area contributed by atoms with E-state index < -0.39 is 10.8 Å². The highest BCUT2D eigenvalue weighted by Crippen LogP contribution is 2.22. The van der Waals surface area contributed by atoms with Gasteiger partial charge in [-0.3, -0.25) is 14.9 Å². The molecule has 2 N–H and O–H groups in total. The monoisotopic (exact) mass is 319 g/mol. The lowest BCUT2D eigenvalue weighted by molar-refractivity contribution is -0.384. The summed E-state index contributed by atoms with van der Waals surface area (Å²) in [6.45, 7) is 0. The van der Waals surface area contributed by atoms with Crippen LogP contribution >= 0.6 is 11.6 Å². The number of nitro groups is 1. The van der Waals surface area contributed by atoms with Crippen LogP contribution in [0.5, 0.6) is 5.75 Å². The Morgan fingerprint density at radius 3 is 2.55 bits per heavy atom. The molecule has 0 aliphatic rings. The maximum absolute atomic E-state index is 11.8. The number of phenolic OH excluding ortho intramolecular Hbond substituents is 1. The number of non-ortho nitro benzene ring substituents is 1. The molecule has 0 aromatic heterocycles. The van der Waals surface area contributed by atoms with Crippen LogP contribution in [0.15, 0.2) is 47.6 Å². The van der Waals surface area contributed by atoms with Gasteiger partial charge in [0.15, 0.2) is 0 Å². The van der Waals surface area contributed by atoms with E-state index >= 15 is 0 Å². The Bertz CT molecular complexity index is 724. The van der Waals surface area contributed by atoms with Gasteiger partial charge in [-0.25, -0.2) is 5.43 Å². The van der Waals surface area contributed by atoms with Gasteiger partial charge in [-0.1, -0.05) is 17.7 Å². The standard InChI is InChI=1S/C14H10ClN3O4/c15-12-2-1-3-13(19)11(12)8-16-17-14(20)9-4-6-10(7-5-9)18(21)22/h1-8,19H,(H,17,20)/b16-8-. The summed E-state index contributed by atoms with van der Waals surface area (Å²) in [5.41, 5.74) is 2.62. The van der Waals surface area contributed by atoms with E-state index in [-0.39, 0.29) is 27.6 Å². The fourth-order valence-electron chi connectivity index (χ4n) is 1.61. The van der Waals surface area contributed by atoms with Crippen LogP contribution in [0.1, 0.15) is 15.9 Å². The summed E-state index contributed by atoms with van der Waals surface area (Å²) in [6, 6.07) is 9.65. The molecule has 0 bridgehead atoms. The fraction of sp³-hybridized carbons (Fsp3) is 0. The smallest absolute Gasteiger partial charge is 0.271 e. The first-order valence-corrected chi connectivity index (χ1v) is 6.42. The molecule has 0 saturated heterocycles. The number of amides is 1. The Labute approximate surface area is 130 Å². The van der Waals surface area contributed by atoms with Gasteiger partial charge in [-0.15, -0.1) is 0 Å². The third-order valence-corrected chi connectivity index (χ3v) is 3.06. The van der Waals surface area contributed by atoms with Gasteiger partial charge in [0.25, 0.3) is 11.6 Å². The van der Waals surface area contributed by atoms with Crippen molar-refractivity contribution in [2.45, 2.75) is 0 Å². The molecule has 1 amide bonds. The molecule has 2 rings (SSSR count). The van der Waals surface area contributed by atoms with Crippen molar-refractivity contribution >= 4 is 29.4 Å². The predicted molar refractivity (Wildman–Crippen MR) is 81.3 cm³/mol. The van der Waals surface area contributed by atoms with Gasteiger partial charge < -0.3 is 5.11 Å². The molecular weight excluding hydrogens is 310 g/mol. The zero-order valence-corrected chi connectivity index (χ0v) is 11.8. The highest BCUT2D eigenvalue weighted by molar-refractivity contribution is 6.33. The van der Waals surface area contributed by atoms with E-state index in [2.05, 4.69) is 10.5 Å². The quantitative estimate of drug-likeness (QED) is 0.513. The number of nitrogens with zero attached hydrogens (tertiary/aromatic N) is 2. The number of nitrogens with one attached hydrogen (secondary N) is 1. The van der Waals surface area contributed by atoms with Crippen LogP contribution in [0.4, 0.5) is 5.69 Å². The number of nitro benzene ring substituents is 1. The number of carbonyl (C=O) groups is 1. The van der Waals surface area contributed by atoms with Gasteiger partial charge >= 0.3 is 0 Å². The SMILES string of the molecule is O=C(N/N=C\c1c(O)cccc1Cl)c1ccc([N+](=O)[O-])cc1. The Morgan fingerprint density at radius 2 is 1.95 bits per heavy atom. The Balaban J connectivity index is 2.06. The topological polar surface area (TPSA) is 105 Å². The largest absolute Gasteiger partial charge is 0.507 e. The maximum Gasteiger partial charge on any atom is 0.271 e. The van der Waals surface area contributed by atoms with Crippen molar-refractivity contribution < 1.29 is 14.8 Å². The van der Waals surface area contributed by atoms with Crippen LogP contribution in [0.2, 0.25) is 5.02 Å². The van der Waals surface area contributed by atoms with E-state index in [0.717, 1.165) is 0 Å². The van der Waals surface area contributed by atoms with Gasteiger partial charge in [0.1, 0.15) is 5.75 Å². The number of hydrazone groups is 1. The molecule has 0 heterocycles. The average molecular weight is 320 g/mol. The maximum atomic E-state index is 11.8. The van der Waals surface area contributed by atoms with Crippen molar-refractivity contribution in [1.82, 2.24) is 5.43 Å². The number of halogens is 1.